The minimum Gasteiger partial charge on any atom is -0.505 e. The molecule has 2 N–H and O–H groups in total. The average Bonchev–Trinajstić information content (AvgIpc) is 2.31. The summed E-state index contributed by atoms with van der Waals surface area (Å²) in [6, 6.07) is 4.67. The standard InChI is InChI=1S/C10H8N4O2/c15-8-6-11-5-3-7(8)10(16)13-9-2-1-4-12-14-9/h1-6,15H,(H,13,14,16). The van der Waals surface area contributed by atoms with E-state index >= 15 is 0 Å². The largest absolute Gasteiger partial charge is 0.505 e. The van der Waals surface area contributed by atoms with E-state index in [-0.39, 0.29) is 11.3 Å². The van der Waals surface area contributed by atoms with Crippen LogP contribution in [-0.2, 0) is 0 Å². The average molecular weight is 216 g/mol. The molecule has 0 saturated carbocycles. The summed E-state index contributed by atoms with van der Waals surface area (Å²) in [5.41, 5.74) is 0.139. The SMILES string of the molecule is O=C(Nc1cccnn1)c1ccncc1O. The zero-order valence-corrected chi connectivity index (χ0v) is 8.16. The fourth-order valence-electron chi connectivity index (χ4n) is 1.13. The van der Waals surface area contributed by atoms with Crippen molar-refractivity contribution in [2.24, 2.45) is 0 Å². The first-order valence-electron chi connectivity index (χ1n) is 4.49. The van der Waals surface area contributed by atoms with Crippen molar-refractivity contribution in [3.63, 3.8) is 0 Å². The lowest BCUT2D eigenvalue weighted by atomic mass is 10.2. The molecule has 0 aromatic carbocycles. The van der Waals surface area contributed by atoms with Gasteiger partial charge in [-0.25, -0.2) is 0 Å². The van der Waals surface area contributed by atoms with Crippen molar-refractivity contribution in [1.29, 1.82) is 0 Å². The van der Waals surface area contributed by atoms with Crippen molar-refractivity contribution in [2.45, 2.75) is 0 Å². The molecular weight excluding hydrogens is 208 g/mol. The lowest BCUT2D eigenvalue weighted by Crippen LogP contribution is -2.13. The summed E-state index contributed by atoms with van der Waals surface area (Å²) in [4.78, 5) is 15.3. The van der Waals surface area contributed by atoms with E-state index in [0.717, 1.165) is 0 Å². The van der Waals surface area contributed by atoms with Crippen LogP contribution in [0.2, 0.25) is 0 Å². The van der Waals surface area contributed by atoms with Gasteiger partial charge in [-0.05, 0) is 18.2 Å². The van der Waals surface area contributed by atoms with Crippen LogP contribution in [0.1, 0.15) is 10.4 Å². The highest BCUT2D eigenvalue weighted by Gasteiger charge is 2.11. The molecule has 2 heterocycles. The second kappa shape index (κ2) is 4.35. The molecule has 0 aliphatic heterocycles. The van der Waals surface area contributed by atoms with E-state index in [4.69, 9.17) is 0 Å². The number of carbonyl (C=O) groups is 1. The Morgan fingerprint density at radius 2 is 2.19 bits per heavy atom. The van der Waals surface area contributed by atoms with Crippen LogP contribution in [0.15, 0.2) is 36.8 Å². The fourth-order valence-corrected chi connectivity index (χ4v) is 1.13. The monoisotopic (exact) mass is 216 g/mol. The number of rotatable bonds is 2. The third-order valence-electron chi connectivity index (χ3n) is 1.86. The third kappa shape index (κ3) is 2.11. The highest BCUT2D eigenvalue weighted by Crippen LogP contribution is 2.15. The molecule has 1 amide bonds. The molecular formula is C10H8N4O2. The van der Waals surface area contributed by atoms with E-state index in [0.29, 0.717) is 5.82 Å². The van der Waals surface area contributed by atoms with Crippen molar-refractivity contribution in [3.05, 3.63) is 42.4 Å². The second-order valence-corrected chi connectivity index (χ2v) is 2.96. The molecule has 2 aromatic rings. The minimum absolute atomic E-state index is 0.139. The molecule has 16 heavy (non-hydrogen) atoms. The summed E-state index contributed by atoms with van der Waals surface area (Å²) in [6.07, 6.45) is 4.12. The summed E-state index contributed by atoms with van der Waals surface area (Å²) >= 11 is 0. The van der Waals surface area contributed by atoms with Gasteiger partial charge in [-0.15, -0.1) is 5.10 Å². The van der Waals surface area contributed by atoms with E-state index in [1.54, 1.807) is 12.1 Å². The number of nitrogens with one attached hydrogen (secondary N) is 1. The number of hydrogen-bond acceptors (Lipinski definition) is 5. The lowest BCUT2D eigenvalue weighted by molar-refractivity contribution is 0.102. The molecule has 0 aliphatic carbocycles. The number of anilines is 1. The van der Waals surface area contributed by atoms with Crippen LogP contribution in [0.4, 0.5) is 5.82 Å². The molecule has 0 unspecified atom stereocenters. The molecule has 0 saturated heterocycles. The number of carbonyl (C=O) groups excluding carboxylic acids is 1. The molecule has 0 atom stereocenters. The Labute approximate surface area is 91.0 Å². The topological polar surface area (TPSA) is 88.0 Å². The van der Waals surface area contributed by atoms with E-state index < -0.39 is 5.91 Å². The highest BCUT2D eigenvalue weighted by molar-refractivity contribution is 6.05. The van der Waals surface area contributed by atoms with Crippen LogP contribution >= 0.6 is 0 Å². The van der Waals surface area contributed by atoms with Crippen LogP contribution < -0.4 is 5.32 Å². The Hall–Kier alpha value is -2.50. The van der Waals surface area contributed by atoms with Crippen LogP contribution in [0, 0.1) is 0 Å². The Balaban J connectivity index is 2.19. The van der Waals surface area contributed by atoms with Gasteiger partial charge in [0, 0.05) is 12.4 Å². The van der Waals surface area contributed by atoms with Gasteiger partial charge in [-0.2, -0.15) is 5.10 Å². The molecule has 80 valence electrons. The van der Waals surface area contributed by atoms with Gasteiger partial charge in [0.2, 0.25) is 0 Å². The Kier molecular flexibility index (Phi) is 2.73. The van der Waals surface area contributed by atoms with Gasteiger partial charge >= 0.3 is 0 Å². The van der Waals surface area contributed by atoms with Gasteiger partial charge in [0.05, 0.1) is 11.8 Å². The maximum Gasteiger partial charge on any atom is 0.260 e. The normalized spacial score (nSPS) is 9.75. The molecule has 0 bridgehead atoms. The summed E-state index contributed by atoms with van der Waals surface area (Å²) in [7, 11) is 0. The number of amides is 1. The number of pyridine rings is 1. The van der Waals surface area contributed by atoms with Crippen molar-refractivity contribution < 1.29 is 9.90 Å². The second-order valence-electron chi connectivity index (χ2n) is 2.96. The van der Waals surface area contributed by atoms with Gasteiger partial charge in [0.1, 0.15) is 5.75 Å². The molecule has 6 heteroatoms. The Bertz CT molecular complexity index is 501. The first-order chi connectivity index (χ1) is 7.77. The van der Waals surface area contributed by atoms with E-state index in [1.807, 2.05) is 0 Å². The van der Waals surface area contributed by atoms with Crippen molar-refractivity contribution in [2.75, 3.05) is 5.32 Å². The highest BCUT2D eigenvalue weighted by atomic mass is 16.3. The number of aromatic nitrogens is 3. The lowest BCUT2D eigenvalue weighted by Gasteiger charge is -2.04. The molecule has 2 rings (SSSR count). The van der Waals surface area contributed by atoms with Crippen LogP contribution in [0.25, 0.3) is 0 Å². The van der Waals surface area contributed by atoms with E-state index in [9.17, 15) is 9.90 Å². The molecule has 2 aromatic heterocycles. The predicted octanol–water partition coefficient (Wildman–Crippen LogP) is 0.829. The maximum absolute atomic E-state index is 11.7. The van der Waals surface area contributed by atoms with Gasteiger partial charge in [-0.3, -0.25) is 9.78 Å². The van der Waals surface area contributed by atoms with Crippen LogP contribution in [0.5, 0.6) is 5.75 Å². The number of aromatic hydroxyl groups is 1. The summed E-state index contributed by atoms with van der Waals surface area (Å²) in [6.45, 7) is 0. The smallest absolute Gasteiger partial charge is 0.260 e. The van der Waals surface area contributed by atoms with Gasteiger partial charge < -0.3 is 10.4 Å². The van der Waals surface area contributed by atoms with Gasteiger partial charge in [0.25, 0.3) is 5.91 Å². The molecule has 0 fully saturated rings. The minimum atomic E-state index is -0.458. The number of nitrogens with zero attached hydrogens (tertiary/aromatic N) is 3. The summed E-state index contributed by atoms with van der Waals surface area (Å²) in [5.74, 6) is -0.312. The number of hydrogen-bond donors (Lipinski definition) is 2. The fraction of sp³-hybridized carbons (Fsp3) is 0. The summed E-state index contributed by atoms with van der Waals surface area (Å²) < 4.78 is 0. The van der Waals surface area contributed by atoms with E-state index in [1.165, 1.54) is 24.7 Å². The first-order valence-corrected chi connectivity index (χ1v) is 4.49. The third-order valence-corrected chi connectivity index (χ3v) is 1.86. The Morgan fingerprint density at radius 1 is 1.31 bits per heavy atom. The zero-order chi connectivity index (χ0) is 11.4. The first kappa shape index (κ1) is 10.0. The summed E-state index contributed by atoms with van der Waals surface area (Å²) in [5, 5.41) is 19.2. The van der Waals surface area contributed by atoms with Gasteiger partial charge in [-0.1, -0.05) is 0 Å². The van der Waals surface area contributed by atoms with Gasteiger partial charge in [0.15, 0.2) is 5.82 Å². The quantitative estimate of drug-likeness (QED) is 0.776. The van der Waals surface area contributed by atoms with Crippen molar-refractivity contribution >= 4 is 11.7 Å². The van der Waals surface area contributed by atoms with Crippen molar-refractivity contribution in [1.82, 2.24) is 15.2 Å². The molecule has 6 nitrogen and oxygen atoms in total. The molecule has 0 radical (unpaired) electrons. The molecule has 0 aliphatic rings. The van der Waals surface area contributed by atoms with Crippen LogP contribution in [-0.4, -0.2) is 26.2 Å². The van der Waals surface area contributed by atoms with Crippen LogP contribution in [0.3, 0.4) is 0 Å². The maximum atomic E-state index is 11.7. The Morgan fingerprint density at radius 3 is 2.88 bits per heavy atom. The molecule has 0 spiro atoms. The zero-order valence-electron chi connectivity index (χ0n) is 8.16. The van der Waals surface area contributed by atoms with Crippen molar-refractivity contribution in [3.8, 4) is 5.75 Å². The van der Waals surface area contributed by atoms with E-state index in [2.05, 4.69) is 20.5 Å². The predicted molar refractivity (Wildman–Crippen MR) is 55.9 cm³/mol.